The van der Waals surface area contributed by atoms with Crippen molar-refractivity contribution in [3.8, 4) is 0 Å². The van der Waals surface area contributed by atoms with Crippen LogP contribution in [0.3, 0.4) is 0 Å². The van der Waals surface area contributed by atoms with Crippen molar-refractivity contribution in [2.24, 2.45) is 0 Å². The third-order valence-electron chi connectivity index (χ3n) is 7.96. The van der Waals surface area contributed by atoms with Gasteiger partial charge < -0.3 is 25.0 Å². The molecule has 200 valence electrons. The van der Waals surface area contributed by atoms with E-state index in [1.807, 2.05) is 66.7 Å². The third-order valence-corrected chi connectivity index (χ3v) is 7.96. The number of aromatic amines is 1. The van der Waals surface area contributed by atoms with Crippen molar-refractivity contribution < 1.29 is 9.59 Å². The van der Waals surface area contributed by atoms with Crippen molar-refractivity contribution in [2.45, 2.75) is 38.4 Å². The van der Waals surface area contributed by atoms with Gasteiger partial charge in [0.15, 0.2) is 0 Å². The van der Waals surface area contributed by atoms with E-state index in [9.17, 15) is 9.59 Å². The number of H-pyrrole nitrogens is 1. The number of piperidine rings is 1. The number of aromatic nitrogens is 2. The number of imidazole rings is 1. The molecular weight excluding hydrogens is 488 g/mol. The van der Waals surface area contributed by atoms with Crippen LogP contribution in [0.4, 0.5) is 11.4 Å². The molecule has 2 N–H and O–H groups in total. The Labute approximate surface area is 228 Å². The first-order chi connectivity index (χ1) is 19.1. The highest BCUT2D eigenvalue weighted by atomic mass is 16.2. The molecule has 6 rings (SSSR count). The van der Waals surface area contributed by atoms with Crippen LogP contribution < -0.4 is 15.1 Å². The minimum atomic E-state index is -0.141. The van der Waals surface area contributed by atoms with Crippen LogP contribution in [0.15, 0.2) is 73.2 Å². The Kier molecular flexibility index (Phi) is 7.02. The second-order valence-electron chi connectivity index (χ2n) is 10.5. The summed E-state index contributed by atoms with van der Waals surface area (Å²) in [7, 11) is 1.85. The number of benzene rings is 3. The summed E-state index contributed by atoms with van der Waals surface area (Å²) in [6, 6.07) is 20.0. The van der Waals surface area contributed by atoms with Crippen molar-refractivity contribution in [1.82, 2.24) is 20.2 Å². The molecule has 8 heteroatoms. The Morgan fingerprint density at radius 2 is 1.92 bits per heavy atom. The summed E-state index contributed by atoms with van der Waals surface area (Å²) < 4.78 is 0. The van der Waals surface area contributed by atoms with E-state index in [1.54, 1.807) is 11.2 Å². The van der Waals surface area contributed by atoms with Gasteiger partial charge in [-0.05, 0) is 53.9 Å². The van der Waals surface area contributed by atoms with E-state index in [2.05, 4.69) is 32.3 Å². The van der Waals surface area contributed by atoms with Gasteiger partial charge in [-0.25, -0.2) is 4.98 Å². The molecule has 2 aliphatic heterocycles. The second kappa shape index (κ2) is 10.9. The zero-order chi connectivity index (χ0) is 26.8. The van der Waals surface area contributed by atoms with Gasteiger partial charge in [0, 0.05) is 49.8 Å². The molecule has 0 saturated carbocycles. The third kappa shape index (κ3) is 5.12. The fourth-order valence-electron chi connectivity index (χ4n) is 5.76. The van der Waals surface area contributed by atoms with Gasteiger partial charge in [0.05, 0.1) is 24.6 Å². The first-order valence-corrected chi connectivity index (χ1v) is 13.7. The van der Waals surface area contributed by atoms with E-state index in [1.165, 1.54) is 0 Å². The van der Waals surface area contributed by atoms with Crippen molar-refractivity contribution in [1.29, 1.82) is 0 Å². The molecule has 1 atom stereocenters. The number of nitrogens with one attached hydrogen (secondary N) is 2. The molecular formula is C31H34N6O2. The van der Waals surface area contributed by atoms with Gasteiger partial charge in [0.25, 0.3) is 5.91 Å². The molecule has 0 bridgehead atoms. The van der Waals surface area contributed by atoms with Crippen LogP contribution in [0.2, 0.25) is 0 Å². The number of carbonyl (C=O) groups excluding carboxylic acids is 2. The van der Waals surface area contributed by atoms with E-state index >= 15 is 0 Å². The molecule has 1 saturated heterocycles. The highest BCUT2D eigenvalue weighted by molar-refractivity contribution is 6.07. The zero-order valence-corrected chi connectivity index (χ0v) is 22.3. The minimum Gasteiger partial charge on any atom is -0.364 e. The predicted molar refractivity (Wildman–Crippen MR) is 154 cm³/mol. The summed E-state index contributed by atoms with van der Waals surface area (Å²) in [6.45, 7) is 3.26. The quantitative estimate of drug-likeness (QED) is 0.408. The fraction of sp³-hybridized carbons (Fsp3) is 0.323. The summed E-state index contributed by atoms with van der Waals surface area (Å²) in [5.41, 5.74) is 4.66. The number of rotatable bonds is 5. The van der Waals surface area contributed by atoms with Gasteiger partial charge in [-0.3, -0.25) is 9.59 Å². The first-order valence-electron chi connectivity index (χ1n) is 13.7. The van der Waals surface area contributed by atoms with Gasteiger partial charge >= 0.3 is 0 Å². The van der Waals surface area contributed by atoms with E-state index in [0.29, 0.717) is 26.2 Å². The Morgan fingerprint density at radius 1 is 1.05 bits per heavy atom. The van der Waals surface area contributed by atoms with Crippen molar-refractivity contribution in [2.75, 3.05) is 36.5 Å². The average Bonchev–Trinajstić information content (AvgIpc) is 3.44. The molecule has 1 unspecified atom stereocenters. The van der Waals surface area contributed by atoms with Crippen LogP contribution in [0.5, 0.6) is 0 Å². The van der Waals surface area contributed by atoms with Crippen molar-refractivity contribution >= 4 is 34.0 Å². The normalized spacial score (nSPS) is 17.5. The average molecular weight is 523 g/mol. The number of amides is 2. The molecule has 4 aromatic rings. The molecule has 2 aliphatic rings. The summed E-state index contributed by atoms with van der Waals surface area (Å²) >= 11 is 0. The number of hydrogen-bond donors (Lipinski definition) is 2. The molecule has 3 heterocycles. The second-order valence-corrected chi connectivity index (χ2v) is 10.5. The maximum atomic E-state index is 13.9. The lowest BCUT2D eigenvalue weighted by Crippen LogP contribution is -2.47. The number of likely N-dealkylation sites (N-methyl/N-ethyl adjacent to an activating group) is 1. The summed E-state index contributed by atoms with van der Waals surface area (Å²) in [4.78, 5) is 40.5. The van der Waals surface area contributed by atoms with Crippen molar-refractivity contribution in [3.63, 3.8) is 0 Å². The molecule has 1 aromatic heterocycles. The number of anilines is 2. The maximum Gasteiger partial charge on any atom is 0.254 e. The molecule has 0 radical (unpaired) electrons. The topological polar surface area (TPSA) is 84.6 Å². The minimum absolute atomic E-state index is 0.0286. The highest BCUT2D eigenvalue weighted by Gasteiger charge is 2.28. The van der Waals surface area contributed by atoms with Gasteiger partial charge in [-0.1, -0.05) is 48.9 Å². The van der Waals surface area contributed by atoms with Gasteiger partial charge in [-0.15, -0.1) is 0 Å². The Bertz CT molecular complexity index is 1470. The summed E-state index contributed by atoms with van der Waals surface area (Å²) in [5, 5.41) is 5.40. The van der Waals surface area contributed by atoms with Crippen LogP contribution >= 0.6 is 0 Å². The smallest absolute Gasteiger partial charge is 0.254 e. The molecule has 0 spiro atoms. The zero-order valence-electron chi connectivity index (χ0n) is 22.3. The molecule has 3 aromatic carbocycles. The number of hydrogen-bond acceptors (Lipinski definition) is 5. The van der Waals surface area contributed by atoms with Crippen LogP contribution in [-0.2, 0) is 17.9 Å². The summed E-state index contributed by atoms with van der Waals surface area (Å²) in [5.74, 6) is 0.122. The highest BCUT2D eigenvalue weighted by Crippen LogP contribution is 2.32. The molecule has 8 nitrogen and oxygen atoms in total. The van der Waals surface area contributed by atoms with Crippen LogP contribution in [0.1, 0.15) is 40.9 Å². The van der Waals surface area contributed by atoms with Crippen LogP contribution in [-0.4, -0.2) is 59.4 Å². The monoisotopic (exact) mass is 522 g/mol. The fourth-order valence-corrected chi connectivity index (χ4v) is 5.76. The molecule has 2 amide bonds. The molecule has 0 aliphatic carbocycles. The lowest BCUT2D eigenvalue weighted by Gasteiger charge is -2.29. The lowest BCUT2D eigenvalue weighted by atomic mass is 10.0. The van der Waals surface area contributed by atoms with Gasteiger partial charge in [-0.2, -0.15) is 0 Å². The van der Waals surface area contributed by atoms with Crippen LogP contribution in [0.25, 0.3) is 10.8 Å². The number of nitrogens with zero attached hydrogens (tertiary/aromatic N) is 4. The van der Waals surface area contributed by atoms with E-state index in [4.69, 9.17) is 0 Å². The van der Waals surface area contributed by atoms with E-state index in [-0.39, 0.29) is 17.9 Å². The predicted octanol–water partition coefficient (Wildman–Crippen LogP) is 4.33. The standard InChI is InChI=1S/C31H34N6O2/c1-35(31(39)28-11-4-5-14-33-28)25-13-12-23-19-37(16-15-36(29(23)17-25)20-24-18-32-21-34-24)30(38)27-10-6-8-22-7-2-3-9-26(22)27/h2-3,6-10,12-13,17-18,21,28,33H,4-5,11,14-16,19-20H2,1H3,(H,32,34). The first kappa shape index (κ1) is 25.1. The Morgan fingerprint density at radius 3 is 2.74 bits per heavy atom. The van der Waals surface area contributed by atoms with Crippen molar-refractivity contribution in [3.05, 3.63) is 90.0 Å². The maximum absolute atomic E-state index is 13.9. The Hall–Kier alpha value is -4.17. The molecule has 1 fully saturated rings. The largest absolute Gasteiger partial charge is 0.364 e. The van der Waals surface area contributed by atoms with Crippen LogP contribution in [0, 0.1) is 0 Å². The number of fused-ring (bicyclic) bond motifs is 2. The lowest BCUT2D eigenvalue weighted by molar-refractivity contribution is -0.120. The van der Waals surface area contributed by atoms with E-state index < -0.39 is 0 Å². The van der Waals surface area contributed by atoms with E-state index in [0.717, 1.165) is 64.8 Å². The van der Waals surface area contributed by atoms with Gasteiger partial charge in [0.2, 0.25) is 5.91 Å². The summed E-state index contributed by atoms with van der Waals surface area (Å²) in [6.07, 6.45) is 6.57. The molecule has 39 heavy (non-hydrogen) atoms. The SMILES string of the molecule is CN(C(=O)C1CCCCN1)c1ccc2c(c1)N(Cc1cnc[nH]1)CCN(C(=O)c1cccc3ccccc13)C2. The number of carbonyl (C=O) groups is 2. The Balaban J connectivity index is 1.32. The van der Waals surface area contributed by atoms with Gasteiger partial charge in [0.1, 0.15) is 0 Å².